The van der Waals surface area contributed by atoms with Crippen LogP contribution in [0.5, 0.6) is 11.9 Å². The molecule has 0 unspecified atom stereocenters. The first-order valence-corrected chi connectivity index (χ1v) is 14.7. The molecule has 7 heterocycles. The summed E-state index contributed by atoms with van der Waals surface area (Å²) in [7, 11) is 0. The molecular weight excluding hydrogens is 582 g/mol. The first-order chi connectivity index (χ1) is 21.2. The van der Waals surface area contributed by atoms with Crippen molar-refractivity contribution in [2.24, 2.45) is 0 Å². The molecule has 230 valence electrons. The second-order valence-corrected chi connectivity index (χ2v) is 12.0. The molecular formula is C30H29F4N7O3. The number of anilines is 1. The lowest BCUT2D eigenvalue weighted by molar-refractivity contribution is -0.137. The van der Waals surface area contributed by atoms with Gasteiger partial charge in [0.2, 0.25) is 5.88 Å². The molecule has 4 aromatic rings. The van der Waals surface area contributed by atoms with Gasteiger partial charge in [-0.15, -0.1) is 0 Å². The molecule has 2 atom stereocenters. The first kappa shape index (κ1) is 27.5. The minimum atomic E-state index is -4.79. The highest BCUT2D eigenvalue weighted by Gasteiger charge is 2.47. The molecule has 3 saturated heterocycles. The van der Waals surface area contributed by atoms with E-state index in [2.05, 4.69) is 31.6 Å². The fraction of sp³-hybridized carbons (Fsp3) is 0.467. The summed E-state index contributed by atoms with van der Waals surface area (Å²) in [6.45, 7) is 7.72. The SMILES string of the molecule is C=C1CN2CCC[C@@]2(COc2nc3c4c(nc(-c5c(C(F)(F)F)ccc6[nH]ncc56)c(F)c4n2)OC[C@@H]2COCCCN32)C1. The van der Waals surface area contributed by atoms with E-state index < -0.39 is 28.8 Å². The van der Waals surface area contributed by atoms with Crippen LogP contribution < -0.4 is 14.4 Å². The Hall–Kier alpha value is -4.04. The number of nitrogens with zero attached hydrogens (tertiary/aromatic N) is 6. The molecule has 0 aliphatic carbocycles. The van der Waals surface area contributed by atoms with E-state index in [0.717, 1.165) is 44.0 Å². The third-order valence-electron chi connectivity index (χ3n) is 9.21. The standard InChI is InChI=1S/C30H29F4N7O3/c1-16-10-29(6-2-7-40(29)12-16)15-44-28-37-25-22-26(38-28)41-8-3-9-42-13-17(41)14-43-27(22)36-24(23(25)31)21-18-11-35-39-20(18)5-4-19(21)30(32,33)34/h4-5,11,17H,1-3,6-10,12-15H2,(H,35,39)/t17-,29-/m0/s1. The Balaban J connectivity index is 1.33. The molecule has 8 rings (SSSR count). The average Bonchev–Trinajstić information content (AvgIpc) is 3.61. The van der Waals surface area contributed by atoms with Gasteiger partial charge in [0.1, 0.15) is 35.6 Å². The zero-order chi connectivity index (χ0) is 30.2. The van der Waals surface area contributed by atoms with Gasteiger partial charge in [-0.1, -0.05) is 12.2 Å². The predicted molar refractivity (Wildman–Crippen MR) is 152 cm³/mol. The number of aromatic nitrogens is 5. The predicted octanol–water partition coefficient (Wildman–Crippen LogP) is 4.89. The number of halogens is 4. The van der Waals surface area contributed by atoms with Crippen LogP contribution in [0.15, 0.2) is 30.5 Å². The topological polar surface area (TPSA) is 102 Å². The second kappa shape index (κ2) is 9.99. The molecule has 0 bridgehead atoms. The Kier molecular flexibility index (Phi) is 6.25. The van der Waals surface area contributed by atoms with Crippen molar-refractivity contribution in [1.82, 2.24) is 30.0 Å². The van der Waals surface area contributed by atoms with Crippen LogP contribution >= 0.6 is 0 Å². The van der Waals surface area contributed by atoms with Gasteiger partial charge in [-0.25, -0.2) is 9.37 Å². The van der Waals surface area contributed by atoms with Crippen molar-refractivity contribution in [3.63, 3.8) is 0 Å². The molecule has 3 aromatic heterocycles. The number of aromatic amines is 1. The number of hydrogen-bond acceptors (Lipinski definition) is 9. The summed E-state index contributed by atoms with van der Waals surface area (Å²) in [5.74, 6) is -0.716. The van der Waals surface area contributed by atoms with E-state index in [-0.39, 0.29) is 53.0 Å². The molecule has 4 aliphatic rings. The van der Waals surface area contributed by atoms with Crippen LogP contribution in [0, 0.1) is 5.82 Å². The van der Waals surface area contributed by atoms with E-state index in [4.69, 9.17) is 19.2 Å². The van der Waals surface area contributed by atoms with Gasteiger partial charge in [0.15, 0.2) is 5.82 Å². The summed E-state index contributed by atoms with van der Waals surface area (Å²) in [4.78, 5) is 18.0. The summed E-state index contributed by atoms with van der Waals surface area (Å²) < 4.78 is 77.9. The number of hydrogen-bond donors (Lipinski definition) is 1. The van der Waals surface area contributed by atoms with Gasteiger partial charge in [-0.2, -0.15) is 28.2 Å². The smallest absolute Gasteiger partial charge is 0.417 e. The minimum absolute atomic E-state index is 0.0488. The summed E-state index contributed by atoms with van der Waals surface area (Å²) in [6.07, 6.45) is -0.132. The maximum Gasteiger partial charge on any atom is 0.417 e. The largest absolute Gasteiger partial charge is 0.475 e. The number of pyridine rings is 1. The number of ether oxygens (including phenoxy) is 3. The summed E-state index contributed by atoms with van der Waals surface area (Å²) in [5, 5.41) is 6.82. The number of fused-ring (bicyclic) bond motifs is 4. The Morgan fingerprint density at radius 3 is 2.89 bits per heavy atom. The van der Waals surface area contributed by atoms with Gasteiger partial charge >= 0.3 is 12.2 Å². The summed E-state index contributed by atoms with van der Waals surface area (Å²) >= 11 is 0. The lowest BCUT2D eigenvalue weighted by atomic mass is 9.94. The lowest BCUT2D eigenvalue weighted by Gasteiger charge is -2.31. The molecule has 4 aliphatic heterocycles. The number of H-pyrrole nitrogens is 1. The van der Waals surface area contributed by atoms with E-state index in [1.165, 1.54) is 12.3 Å². The molecule has 3 fully saturated rings. The molecule has 44 heavy (non-hydrogen) atoms. The van der Waals surface area contributed by atoms with Crippen LogP contribution in [0.25, 0.3) is 33.1 Å². The number of alkyl halides is 3. The fourth-order valence-corrected chi connectivity index (χ4v) is 7.22. The molecule has 1 aromatic carbocycles. The molecule has 10 nitrogen and oxygen atoms in total. The van der Waals surface area contributed by atoms with Crippen molar-refractivity contribution in [2.75, 3.05) is 51.0 Å². The van der Waals surface area contributed by atoms with Gasteiger partial charge < -0.3 is 19.1 Å². The molecule has 0 amide bonds. The van der Waals surface area contributed by atoms with E-state index in [0.29, 0.717) is 37.5 Å². The highest BCUT2D eigenvalue weighted by atomic mass is 19.4. The van der Waals surface area contributed by atoms with Crippen molar-refractivity contribution in [3.8, 4) is 23.1 Å². The van der Waals surface area contributed by atoms with Crippen LogP contribution in [-0.2, 0) is 10.9 Å². The van der Waals surface area contributed by atoms with E-state index in [1.54, 1.807) is 0 Å². The van der Waals surface area contributed by atoms with Crippen LogP contribution in [0.3, 0.4) is 0 Å². The van der Waals surface area contributed by atoms with Crippen LogP contribution in [0.1, 0.15) is 31.2 Å². The van der Waals surface area contributed by atoms with Gasteiger partial charge in [-0.05, 0) is 44.4 Å². The molecule has 14 heteroatoms. The zero-order valence-electron chi connectivity index (χ0n) is 23.7. The fourth-order valence-electron chi connectivity index (χ4n) is 7.22. The van der Waals surface area contributed by atoms with Crippen molar-refractivity contribution < 1.29 is 31.8 Å². The molecule has 0 radical (unpaired) electrons. The Morgan fingerprint density at radius 2 is 2.02 bits per heavy atom. The summed E-state index contributed by atoms with van der Waals surface area (Å²) in [6, 6.07) is 1.81. The zero-order valence-corrected chi connectivity index (χ0v) is 23.7. The first-order valence-electron chi connectivity index (χ1n) is 14.7. The minimum Gasteiger partial charge on any atom is -0.475 e. The summed E-state index contributed by atoms with van der Waals surface area (Å²) in [5.41, 5.74) is -1.06. The van der Waals surface area contributed by atoms with Crippen LogP contribution in [-0.4, -0.2) is 87.7 Å². The maximum absolute atomic E-state index is 16.8. The molecule has 1 N–H and O–H groups in total. The van der Waals surface area contributed by atoms with E-state index in [9.17, 15) is 13.2 Å². The number of nitrogens with one attached hydrogen (secondary N) is 1. The molecule has 0 saturated carbocycles. The van der Waals surface area contributed by atoms with Crippen LogP contribution in [0.4, 0.5) is 23.4 Å². The third kappa shape index (κ3) is 4.29. The van der Waals surface area contributed by atoms with Gasteiger partial charge in [-0.3, -0.25) is 10.00 Å². The molecule has 0 spiro atoms. The van der Waals surface area contributed by atoms with Gasteiger partial charge in [0.25, 0.3) is 0 Å². The second-order valence-electron chi connectivity index (χ2n) is 12.0. The van der Waals surface area contributed by atoms with Crippen molar-refractivity contribution in [3.05, 3.63) is 41.9 Å². The Bertz CT molecular complexity index is 1810. The Labute approximate surface area is 249 Å². The highest BCUT2D eigenvalue weighted by molar-refractivity contribution is 6.01. The van der Waals surface area contributed by atoms with Crippen molar-refractivity contribution >= 4 is 27.6 Å². The number of rotatable bonds is 4. The quantitative estimate of drug-likeness (QED) is 0.256. The number of benzene rings is 1. The van der Waals surface area contributed by atoms with Crippen LogP contribution in [0.2, 0.25) is 0 Å². The maximum atomic E-state index is 16.8. The Morgan fingerprint density at radius 1 is 1.14 bits per heavy atom. The van der Waals surface area contributed by atoms with Gasteiger partial charge in [0, 0.05) is 30.6 Å². The van der Waals surface area contributed by atoms with E-state index >= 15 is 4.39 Å². The third-order valence-corrected chi connectivity index (χ3v) is 9.21. The van der Waals surface area contributed by atoms with Crippen molar-refractivity contribution in [1.29, 1.82) is 0 Å². The normalized spacial score (nSPS) is 23.9. The monoisotopic (exact) mass is 611 g/mol. The van der Waals surface area contributed by atoms with E-state index in [1.807, 2.05) is 4.90 Å². The average molecular weight is 612 g/mol. The lowest BCUT2D eigenvalue weighted by Crippen LogP contribution is -2.43. The highest BCUT2D eigenvalue weighted by Crippen LogP contribution is 2.46. The van der Waals surface area contributed by atoms with Crippen molar-refractivity contribution in [2.45, 2.75) is 43.4 Å². The van der Waals surface area contributed by atoms with Gasteiger partial charge in [0.05, 0.1) is 35.5 Å².